The van der Waals surface area contributed by atoms with Gasteiger partial charge >= 0.3 is 0 Å². The maximum Gasteiger partial charge on any atom is 0.271 e. The number of ether oxygens (including phenoxy) is 1. The predicted molar refractivity (Wildman–Crippen MR) is 124 cm³/mol. The molecule has 3 aromatic rings. The molecule has 0 atom stereocenters. The first-order valence-corrected chi connectivity index (χ1v) is 10.9. The number of halogens is 1. The lowest BCUT2D eigenvalue weighted by atomic mass is 10.1. The van der Waals surface area contributed by atoms with Gasteiger partial charge in [-0.2, -0.15) is 0 Å². The van der Waals surface area contributed by atoms with E-state index in [1.807, 2.05) is 31.2 Å². The number of anilines is 1. The summed E-state index contributed by atoms with van der Waals surface area (Å²) in [4.78, 5) is 24.4. The molecule has 0 aromatic heterocycles. The zero-order valence-electron chi connectivity index (χ0n) is 17.1. The minimum atomic E-state index is -0.488. The second kappa shape index (κ2) is 10.3. The van der Waals surface area contributed by atoms with E-state index in [1.54, 1.807) is 43.0 Å². The summed E-state index contributed by atoms with van der Waals surface area (Å²) in [5.41, 5.74) is 2.40. The van der Waals surface area contributed by atoms with E-state index in [4.69, 9.17) is 16.3 Å². The number of nitro benzene ring substituents is 1. The van der Waals surface area contributed by atoms with Crippen LogP contribution in [0.2, 0.25) is 5.02 Å². The molecule has 0 saturated heterocycles. The van der Waals surface area contributed by atoms with Gasteiger partial charge in [0, 0.05) is 38.9 Å². The SMILES string of the molecule is CCOc1ccc(C(=O)Nc2cc([N+](=O)[O-])ccc2C)cc1CSc1ccc(Cl)cc1. The summed E-state index contributed by atoms with van der Waals surface area (Å²) < 4.78 is 5.72. The molecule has 0 aliphatic heterocycles. The van der Waals surface area contributed by atoms with Crippen molar-refractivity contribution >= 4 is 40.6 Å². The predicted octanol–water partition coefficient (Wildman–Crippen LogP) is 6.50. The summed E-state index contributed by atoms with van der Waals surface area (Å²) in [6.45, 7) is 4.20. The van der Waals surface area contributed by atoms with Crippen molar-refractivity contribution in [3.8, 4) is 5.75 Å². The molecule has 0 unspecified atom stereocenters. The summed E-state index contributed by atoms with van der Waals surface area (Å²) in [5.74, 6) is 0.977. The van der Waals surface area contributed by atoms with Gasteiger partial charge in [0.05, 0.1) is 17.2 Å². The molecular weight excluding hydrogens is 436 g/mol. The third-order valence-electron chi connectivity index (χ3n) is 4.51. The van der Waals surface area contributed by atoms with E-state index in [0.29, 0.717) is 34.4 Å². The molecule has 0 heterocycles. The minimum absolute atomic E-state index is 0.0763. The fourth-order valence-electron chi connectivity index (χ4n) is 2.87. The maximum atomic E-state index is 12.8. The topological polar surface area (TPSA) is 81.5 Å². The van der Waals surface area contributed by atoms with Gasteiger partial charge in [0.15, 0.2) is 0 Å². The zero-order chi connectivity index (χ0) is 22.4. The Labute approximate surface area is 189 Å². The van der Waals surface area contributed by atoms with Crippen molar-refractivity contribution in [3.63, 3.8) is 0 Å². The number of amides is 1. The third kappa shape index (κ3) is 5.99. The first-order chi connectivity index (χ1) is 14.9. The molecule has 6 nitrogen and oxygen atoms in total. The van der Waals surface area contributed by atoms with Crippen molar-refractivity contribution < 1.29 is 14.5 Å². The molecule has 0 radical (unpaired) electrons. The lowest BCUT2D eigenvalue weighted by molar-refractivity contribution is -0.384. The Hall–Kier alpha value is -3.03. The molecule has 3 rings (SSSR count). The van der Waals surface area contributed by atoms with Gasteiger partial charge in [0.1, 0.15) is 5.75 Å². The monoisotopic (exact) mass is 456 g/mol. The van der Waals surface area contributed by atoms with E-state index in [9.17, 15) is 14.9 Å². The average molecular weight is 457 g/mol. The second-order valence-corrected chi connectivity index (χ2v) is 8.19. The number of hydrogen-bond acceptors (Lipinski definition) is 5. The number of nitrogens with zero attached hydrogens (tertiary/aromatic N) is 1. The smallest absolute Gasteiger partial charge is 0.271 e. The van der Waals surface area contributed by atoms with Crippen LogP contribution in [0.25, 0.3) is 0 Å². The number of nitrogens with one attached hydrogen (secondary N) is 1. The van der Waals surface area contributed by atoms with Crippen LogP contribution in [0, 0.1) is 17.0 Å². The number of non-ortho nitro benzene ring substituents is 1. The quantitative estimate of drug-likeness (QED) is 0.237. The highest BCUT2D eigenvalue weighted by Crippen LogP contribution is 2.30. The number of nitro groups is 1. The molecule has 160 valence electrons. The van der Waals surface area contributed by atoms with E-state index in [0.717, 1.165) is 16.0 Å². The lowest BCUT2D eigenvalue weighted by Crippen LogP contribution is -2.13. The highest BCUT2D eigenvalue weighted by molar-refractivity contribution is 7.98. The van der Waals surface area contributed by atoms with Crippen LogP contribution in [-0.2, 0) is 5.75 Å². The Bertz CT molecular complexity index is 1100. The molecule has 0 fully saturated rings. The van der Waals surface area contributed by atoms with Crippen molar-refractivity contribution in [3.05, 3.63) is 92.5 Å². The van der Waals surface area contributed by atoms with Crippen molar-refractivity contribution in [1.82, 2.24) is 0 Å². The largest absolute Gasteiger partial charge is 0.494 e. The fraction of sp³-hybridized carbons (Fsp3) is 0.174. The summed E-state index contributed by atoms with van der Waals surface area (Å²) in [7, 11) is 0. The normalized spacial score (nSPS) is 10.5. The van der Waals surface area contributed by atoms with Crippen LogP contribution in [0.1, 0.15) is 28.4 Å². The highest BCUT2D eigenvalue weighted by atomic mass is 35.5. The van der Waals surface area contributed by atoms with Crippen LogP contribution >= 0.6 is 23.4 Å². The van der Waals surface area contributed by atoms with E-state index in [-0.39, 0.29) is 11.6 Å². The molecule has 0 aliphatic carbocycles. The molecule has 0 bridgehead atoms. The molecule has 3 aromatic carbocycles. The molecule has 0 saturated carbocycles. The van der Waals surface area contributed by atoms with Crippen molar-refractivity contribution in [2.45, 2.75) is 24.5 Å². The number of thioether (sulfide) groups is 1. The number of rotatable bonds is 8. The van der Waals surface area contributed by atoms with Crippen LogP contribution in [0.15, 0.2) is 65.6 Å². The minimum Gasteiger partial charge on any atom is -0.494 e. The van der Waals surface area contributed by atoms with Crippen molar-refractivity contribution in [1.29, 1.82) is 0 Å². The van der Waals surface area contributed by atoms with Gasteiger partial charge in [-0.25, -0.2) is 0 Å². The third-order valence-corrected chi connectivity index (χ3v) is 5.82. The standard InChI is InChI=1S/C23H21ClN2O4S/c1-3-30-22-11-5-16(12-17(22)14-31-20-9-6-18(24)7-10-20)23(27)25-21-13-19(26(28)29)8-4-15(21)2/h4-13H,3,14H2,1-2H3,(H,25,27). The van der Waals surface area contributed by atoms with Crippen LogP contribution in [0.4, 0.5) is 11.4 Å². The number of carbonyl (C=O) groups excluding carboxylic acids is 1. The summed E-state index contributed by atoms with van der Waals surface area (Å²) in [5, 5.41) is 14.5. The van der Waals surface area contributed by atoms with Crippen LogP contribution in [0.3, 0.4) is 0 Å². The Morgan fingerprint density at radius 3 is 2.55 bits per heavy atom. The van der Waals surface area contributed by atoms with Gasteiger partial charge < -0.3 is 10.1 Å². The molecule has 31 heavy (non-hydrogen) atoms. The molecule has 0 spiro atoms. The Kier molecular flexibility index (Phi) is 7.55. The van der Waals surface area contributed by atoms with Crippen molar-refractivity contribution in [2.24, 2.45) is 0 Å². The summed E-state index contributed by atoms with van der Waals surface area (Å²) in [6.07, 6.45) is 0. The average Bonchev–Trinajstić information content (AvgIpc) is 2.75. The van der Waals surface area contributed by atoms with Gasteiger partial charge in [0.25, 0.3) is 11.6 Å². The first kappa shape index (κ1) is 22.7. The maximum absolute atomic E-state index is 12.8. The van der Waals surface area contributed by atoms with E-state index in [2.05, 4.69) is 5.32 Å². The fourth-order valence-corrected chi connectivity index (χ4v) is 3.88. The van der Waals surface area contributed by atoms with Crippen LogP contribution in [-0.4, -0.2) is 17.4 Å². The first-order valence-electron chi connectivity index (χ1n) is 9.58. The highest BCUT2D eigenvalue weighted by Gasteiger charge is 2.15. The van der Waals surface area contributed by atoms with E-state index >= 15 is 0 Å². The van der Waals surface area contributed by atoms with E-state index in [1.165, 1.54) is 12.1 Å². The van der Waals surface area contributed by atoms with Crippen LogP contribution < -0.4 is 10.1 Å². The van der Waals surface area contributed by atoms with Gasteiger partial charge in [-0.3, -0.25) is 14.9 Å². The van der Waals surface area contributed by atoms with Gasteiger partial charge in [-0.1, -0.05) is 17.7 Å². The molecule has 1 N–H and O–H groups in total. The summed E-state index contributed by atoms with van der Waals surface area (Å²) >= 11 is 7.55. The number of aryl methyl sites for hydroxylation is 1. The van der Waals surface area contributed by atoms with Crippen molar-refractivity contribution in [2.75, 3.05) is 11.9 Å². The Balaban J connectivity index is 1.81. The molecule has 1 amide bonds. The number of benzene rings is 3. The number of carbonyl (C=O) groups is 1. The molecular formula is C23H21ClN2O4S. The van der Waals surface area contributed by atoms with Gasteiger partial charge in [-0.05, 0) is 61.9 Å². The van der Waals surface area contributed by atoms with Gasteiger partial charge in [0.2, 0.25) is 0 Å². The lowest BCUT2D eigenvalue weighted by Gasteiger charge is -2.13. The Morgan fingerprint density at radius 2 is 1.87 bits per heavy atom. The van der Waals surface area contributed by atoms with E-state index < -0.39 is 4.92 Å². The zero-order valence-corrected chi connectivity index (χ0v) is 18.6. The second-order valence-electron chi connectivity index (χ2n) is 6.71. The number of hydrogen-bond donors (Lipinski definition) is 1. The Morgan fingerprint density at radius 1 is 1.13 bits per heavy atom. The summed E-state index contributed by atoms with van der Waals surface area (Å²) in [6, 6.07) is 17.2. The van der Waals surface area contributed by atoms with Crippen LogP contribution in [0.5, 0.6) is 5.75 Å². The molecule has 0 aliphatic rings. The van der Waals surface area contributed by atoms with Gasteiger partial charge in [-0.15, -0.1) is 11.8 Å². The molecule has 8 heteroatoms.